The van der Waals surface area contributed by atoms with E-state index in [9.17, 15) is 14.9 Å². The van der Waals surface area contributed by atoms with Crippen molar-refractivity contribution in [1.82, 2.24) is 4.98 Å². The zero-order chi connectivity index (χ0) is 18.7. The lowest BCUT2D eigenvalue weighted by Gasteiger charge is -2.06. The van der Waals surface area contributed by atoms with E-state index in [0.717, 1.165) is 16.6 Å². The van der Waals surface area contributed by atoms with Crippen LogP contribution in [0.25, 0.3) is 11.0 Å². The lowest BCUT2D eigenvalue weighted by molar-refractivity contribution is -0.147. The number of benzene rings is 1. The second kappa shape index (κ2) is 7.50. The number of aromatic nitrogens is 1. The smallest absolute Gasteiger partial charge is 0.310 e. The summed E-state index contributed by atoms with van der Waals surface area (Å²) >= 11 is 1.24. The minimum absolute atomic E-state index is 0.00305. The summed E-state index contributed by atoms with van der Waals surface area (Å²) in [6.45, 7) is 3.29. The van der Waals surface area contributed by atoms with Crippen LogP contribution in [0.15, 0.2) is 34.3 Å². The maximum absolute atomic E-state index is 12.2. The van der Waals surface area contributed by atoms with Crippen LogP contribution in [0.2, 0.25) is 0 Å². The summed E-state index contributed by atoms with van der Waals surface area (Å²) < 4.78 is 10.5. The second-order valence-corrected chi connectivity index (χ2v) is 6.84. The van der Waals surface area contributed by atoms with Gasteiger partial charge in [-0.1, -0.05) is 12.1 Å². The van der Waals surface area contributed by atoms with E-state index in [-0.39, 0.29) is 6.42 Å². The summed E-state index contributed by atoms with van der Waals surface area (Å²) in [4.78, 5) is 28.4. The van der Waals surface area contributed by atoms with Gasteiger partial charge in [-0.2, -0.15) is 5.26 Å². The van der Waals surface area contributed by atoms with Crippen molar-refractivity contribution < 1.29 is 18.7 Å². The Hall–Kier alpha value is -2.98. The molecule has 0 bridgehead atoms. The molecule has 1 aromatic carbocycles. The van der Waals surface area contributed by atoms with E-state index in [1.54, 1.807) is 12.3 Å². The van der Waals surface area contributed by atoms with Crippen molar-refractivity contribution in [3.8, 4) is 6.07 Å². The van der Waals surface area contributed by atoms with E-state index in [2.05, 4.69) is 4.98 Å². The molecule has 0 saturated heterocycles. The fraction of sp³-hybridized carbons (Fsp3) is 0.263. The number of hydrogen-bond acceptors (Lipinski definition) is 7. The van der Waals surface area contributed by atoms with E-state index >= 15 is 0 Å². The highest BCUT2D eigenvalue weighted by Crippen LogP contribution is 2.23. The first-order valence-corrected chi connectivity index (χ1v) is 8.82. The third-order valence-corrected chi connectivity index (χ3v) is 4.88. The number of hydrogen-bond donors (Lipinski definition) is 0. The summed E-state index contributed by atoms with van der Waals surface area (Å²) in [5.41, 5.74) is 3.21. The zero-order valence-corrected chi connectivity index (χ0v) is 15.1. The molecule has 1 atom stereocenters. The highest BCUT2D eigenvalue weighted by Gasteiger charge is 2.24. The van der Waals surface area contributed by atoms with E-state index < -0.39 is 24.3 Å². The molecule has 0 saturated carbocycles. The van der Waals surface area contributed by atoms with Gasteiger partial charge in [0.25, 0.3) is 0 Å². The minimum atomic E-state index is -1.01. The molecule has 0 amide bonds. The maximum atomic E-state index is 12.2. The molecule has 0 radical (unpaired) electrons. The van der Waals surface area contributed by atoms with E-state index in [1.165, 1.54) is 17.6 Å². The predicted molar refractivity (Wildman–Crippen MR) is 95.8 cm³/mol. The van der Waals surface area contributed by atoms with Gasteiger partial charge in [-0.25, -0.2) is 4.98 Å². The molecule has 132 valence electrons. The van der Waals surface area contributed by atoms with Gasteiger partial charge in [0.15, 0.2) is 18.3 Å². The monoisotopic (exact) mass is 368 g/mol. The van der Waals surface area contributed by atoms with Crippen molar-refractivity contribution in [2.45, 2.75) is 26.2 Å². The van der Waals surface area contributed by atoms with E-state index in [0.29, 0.717) is 16.2 Å². The molecule has 0 aliphatic carbocycles. The Morgan fingerprint density at radius 1 is 1.38 bits per heavy atom. The van der Waals surface area contributed by atoms with Gasteiger partial charge in [0.05, 0.1) is 18.8 Å². The third-order valence-electron chi connectivity index (χ3n) is 3.86. The molecule has 7 heteroatoms. The van der Waals surface area contributed by atoms with Crippen molar-refractivity contribution >= 4 is 34.1 Å². The Kier molecular flexibility index (Phi) is 5.14. The van der Waals surface area contributed by atoms with E-state index in [4.69, 9.17) is 9.15 Å². The molecule has 0 aliphatic heterocycles. The average molecular weight is 368 g/mol. The standard InChI is InChI=1S/C19H16N2O4S/c1-11-3-4-14-13(8-24-17(14)5-11)6-18(23)25-9-16(22)15(7-20)19-21-12(2)10-26-19/h3-5,8,10,15H,6,9H2,1-2H3/t15-/m0/s1. The van der Waals surface area contributed by atoms with Gasteiger partial charge in [0.1, 0.15) is 10.6 Å². The predicted octanol–water partition coefficient (Wildman–Crippen LogP) is 3.47. The van der Waals surface area contributed by atoms with Gasteiger partial charge < -0.3 is 9.15 Å². The van der Waals surface area contributed by atoms with Gasteiger partial charge >= 0.3 is 5.97 Å². The molecule has 2 heterocycles. The van der Waals surface area contributed by atoms with Crippen molar-refractivity contribution in [2.24, 2.45) is 0 Å². The largest absolute Gasteiger partial charge is 0.464 e. The number of esters is 1. The number of fused-ring (bicyclic) bond motifs is 1. The Morgan fingerprint density at radius 2 is 2.19 bits per heavy atom. The van der Waals surface area contributed by atoms with Crippen LogP contribution in [0.5, 0.6) is 0 Å². The minimum Gasteiger partial charge on any atom is -0.464 e. The number of nitriles is 1. The van der Waals surface area contributed by atoms with Crippen LogP contribution >= 0.6 is 11.3 Å². The molecular weight excluding hydrogens is 352 g/mol. The average Bonchev–Trinajstić information content (AvgIpc) is 3.20. The van der Waals surface area contributed by atoms with Crippen LogP contribution in [0.4, 0.5) is 0 Å². The topological polar surface area (TPSA) is 93.2 Å². The van der Waals surface area contributed by atoms with Crippen LogP contribution in [-0.4, -0.2) is 23.3 Å². The van der Waals surface area contributed by atoms with E-state index in [1.807, 2.05) is 31.2 Å². The lowest BCUT2D eigenvalue weighted by atomic mass is 10.1. The number of Topliss-reactive ketones (excluding diaryl/α,β-unsaturated/α-hetero) is 1. The number of carbonyl (C=O) groups is 2. The van der Waals surface area contributed by atoms with Gasteiger partial charge in [-0.3, -0.25) is 9.59 Å². The fourth-order valence-corrected chi connectivity index (χ4v) is 3.40. The van der Waals surface area contributed by atoms with Gasteiger partial charge in [0.2, 0.25) is 0 Å². The van der Waals surface area contributed by atoms with Gasteiger partial charge in [-0.15, -0.1) is 11.3 Å². The Balaban J connectivity index is 1.61. The summed E-state index contributed by atoms with van der Waals surface area (Å²) in [5, 5.41) is 12.2. The van der Waals surface area contributed by atoms with Crippen molar-refractivity contribution in [3.63, 3.8) is 0 Å². The number of nitrogens with zero attached hydrogens (tertiary/aromatic N) is 2. The van der Waals surface area contributed by atoms with Crippen LogP contribution < -0.4 is 0 Å². The van der Waals surface area contributed by atoms with Crippen LogP contribution in [0.1, 0.15) is 27.7 Å². The third kappa shape index (κ3) is 3.81. The van der Waals surface area contributed by atoms with Crippen LogP contribution in [0.3, 0.4) is 0 Å². The molecule has 3 rings (SSSR count). The number of ether oxygens (including phenoxy) is 1. The summed E-state index contributed by atoms with van der Waals surface area (Å²) in [5.74, 6) is -2.05. The number of furan rings is 1. The second-order valence-electron chi connectivity index (χ2n) is 5.95. The Bertz CT molecular complexity index is 1010. The highest BCUT2D eigenvalue weighted by atomic mass is 32.1. The maximum Gasteiger partial charge on any atom is 0.310 e. The molecule has 0 N–H and O–H groups in total. The van der Waals surface area contributed by atoms with Crippen LogP contribution in [-0.2, 0) is 20.7 Å². The molecule has 0 aliphatic rings. The van der Waals surface area contributed by atoms with Gasteiger partial charge in [0, 0.05) is 22.0 Å². The first-order chi connectivity index (χ1) is 12.5. The Morgan fingerprint density at radius 3 is 2.88 bits per heavy atom. The number of carbonyl (C=O) groups excluding carboxylic acids is 2. The molecular formula is C19H16N2O4S. The summed E-state index contributed by atoms with van der Waals surface area (Å²) in [6, 6.07) is 7.63. The van der Waals surface area contributed by atoms with Crippen LogP contribution in [0, 0.1) is 25.2 Å². The lowest BCUT2D eigenvalue weighted by Crippen LogP contribution is -2.20. The molecule has 0 spiro atoms. The highest BCUT2D eigenvalue weighted by molar-refractivity contribution is 7.09. The number of rotatable bonds is 6. The quantitative estimate of drug-likeness (QED) is 0.619. The number of thiazole rings is 1. The fourth-order valence-electron chi connectivity index (χ4n) is 2.54. The molecule has 6 nitrogen and oxygen atoms in total. The van der Waals surface area contributed by atoms with Gasteiger partial charge in [-0.05, 0) is 25.5 Å². The normalized spacial score (nSPS) is 11.9. The molecule has 3 aromatic rings. The molecule has 2 aromatic heterocycles. The molecule has 0 unspecified atom stereocenters. The Labute approximate surface area is 154 Å². The number of aryl methyl sites for hydroxylation is 2. The number of ketones is 1. The molecule has 26 heavy (non-hydrogen) atoms. The SMILES string of the molecule is Cc1ccc2c(CC(=O)OCC(=O)[C@H](C#N)c3nc(C)cs3)coc2c1. The zero-order valence-electron chi connectivity index (χ0n) is 14.3. The van der Waals surface area contributed by atoms with Crippen molar-refractivity contribution in [3.05, 3.63) is 51.7 Å². The van der Waals surface area contributed by atoms with Crippen molar-refractivity contribution in [2.75, 3.05) is 6.61 Å². The summed E-state index contributed by atoms with van der Waals surface area (Å²) in [6.07, 6.45) is 1.51. The first-order valence-electron chi connectivity index (χ1n) is 7.94. The summed E-state index contributed by atoms with van der Waals surface area (Å²) in [7, 11) is 0. The van der Waals surface area contributed by atoms with Crippen molar-refractivity contribution in [1.29, 1.82) is 5.26 Å². The molecule has 0 fully saturated rings. The first kappa shape index (κ1) is 17.8.